The summed E-state index contributed by atoms with van der Waals surface area (Å²) in [7, 11) is 0. The summed E-state index contributed by atoms with van der Waals surface area (Å²) >= 11 is 5.71. The number of benzene rings is 1. The van der Waals surface area contributed by atoms with Crippen molar-refractivity contribution < 1.29 is 0 Å². The van der Waals surface area contributed by atoms with E-state index in [0.29, 0.717) is 17.4 Å². The van der Waals surface area contributed by atoms with Crippen molar-refractivity contribution in [2.24, 2.45) is 0 Å². The van der Waals surface area contributed by atoms with Gasteiger partial charge in [-0.2, -0.15) is 0 Å². The number of nitrogens with zero attached hydrogens (tertiary/aromatic N) is 1. The Morgan fingerprint density at radius 2 is 1.94 bits per heavy atom. The number of hydrogen-bond donors (Lipinski definition) is 1. The third kappa shape index (κ3) is 2.79. The van der Waals surface area contributed by atoms with E-state index in [2.05, 4.69) is 23.8 Å². The fourth-order valence-corrected chi connectivity index (χ4v) is 1.88. The third-order valence-corrected chi connectivity index (χ3v) is 3.06. The highest BCUT2D eigenvalue weighted by atomic mass is 35.5. The van der Waals surface area contributed by atoms with Crippen LogP contribution in [0.25, 0.3) is 11.4 Å². The lowest BCUT2D eigenvalue weighted by atomic mass is 10.0. The first-order valence-electron chi connectivity index (χ1n) is 5.86. The van der Waals surface area contributed by atoms with Crippen LogP contribution in [-0.2, 0) is 5.88 Å². The Balaban J connectivity index is 2.42. The van der Waals surface area contributed by atoms with Gasteiger partial charge in [-0.3, -0.25) is 4.79 Å². The van der Waals surface area contributed by atoms with Crippen molar-refractivity contribution in [3.8, 4) is 11.4 Å². The summed E-state index contributed by atoms with van der Waals surface area (Å²) in [5.41, 5.74) is 2.56. The number of hydrogen-bond acceptors (Lipinski definition) is 2. The average molecular weight is 263 g/mol. The summed E-state index contributed by atoms with van der Waals surface area (Å²) in [6.45, 7) is 4.28. The summed E-state index contributed by atoms with van der Waals surface area (Å²) in [5, 5.41) is 0. The molecule has 0 amide bonds. The van der Waals surface area contributed by atoms with E-state index in [0.717, 1.165) is 5.56 Å². The summed E-state index contributed by atoms with van der Waals surface area (Å²) in [6.07, 6.45) is 0. The minimum atomic E-state index is -0.177. The van der Waals surface area contributed by atoms with Crippen LogP contribution in [0.1, 0.15) is 31.0 Å². The molecule has 94 valence electrons. The Morgan fingerprint density at radius 1 is 1.28 bits per heavy atom. The van der Waals surface area contributed by atoms with Crippen molar-refractivity contribution in [3.05, 3.63) is 51.9 Å². The van der Waals surface area contributed by atoms with E-state index < -0.39 is 0 Å². The lowest BCUT2D eigenvalue weighted by molar-refractivity contribution is 0.866. The average Bonchev–Trinajstić information content (AvgIpc) is 2.38. The van der Waals surface area contributed by atoms with Crippen LogP contribution in [-0.4, -0.2) is 9.97 Å². The number of H-pyrrole nitrogens is 1. The number of aromatic nitrogens is 2. The van der Waals surface area contributed by atoms with E-state index in [9.17, 15) is 4.79 Å². The predicted octanol–water partition coefficient (Wildman–Crippen LogP) is 3.30. The SMILES string of the molecule is CC(C)c1ccc(-c2nc(CCl)cc(=O)[nH]2)cc1. The summed E-state index contributed by atoms with van der Waals surface area (Å²) < 4.78 is 0. The molecule has 0 saturated carbocycles. The maximum atomic E-state index is 11.5. The Labute approximate surface area is 111 Å². The fourth-order valence-electron chi connectivity index (χ4n) is 1.74. The highest BCUT2D eigenvalue weighted by Gasteiger charge is 2.05. The van der Waals surface area contributed by atoms with Crippen molar-refractivity contribution in [3.63, 3.8) is 0 Å². The summed E-state index contributed by atoms with van der Waals surface area (Å²) in [4.78, 5) is 18.5. The standard InChI is InChI=1S/C14H15ClN2O/c1-9(2)10-3-5-11(6-4-10)14-16-12(8-15)7-13(18)17-14/h3-7,9H,8H2,1-2H3,(H,16,17,18). The van der Waals surface area contributed by atoms with Gasteiger partial charge in [0.05, 0.1) is 11.6 Å². The largest absolute Gasteiger partial charge is 0.307 e. The highest BCUT2D eigenvalue weighted by Crippen LogP contribution is 2.19. The first-order valence-corrected chi connectivity index (χ1v) is 6.40. The summed E-state index contributed by atoms with van der Waals surface area (Å²) in [6, 6.07) is 9.44. The van der Waals surface area contributed by atoms with Gasteiger partial charge in [0.1, 0.15) is 5.82 Å². The maximum Gasteiger partial charge on any atom is 0.251 e. The minimum Gasteiger partial charge on any atom is -0.307 e. The molecule has 0 atom stereocenters. The molecule has 0 spiro atoms. The number of halogens is 1. The number of aromatic amines is 1. The molecule has 0 bridgehead atoms. The molecule has 0 aliphatic heterocycles. The molecule has 2 rings (SSSR count). The van der Waals surface area contributed by atoms with Gasteiger partial charge < -0.3 is 4.98 Å². The van der Waals surface area contributed by atoms with Gasteiger partial charge in [0.15, 0.2) is 0 Å². The van der Waals surface area contributed by atoms with E-state index in [1.165, 1.54) is 11.6 Å². The summed E-state index contributed by atoms with van der Waals surface area (Å²) in [5.74, 6) is 1.29. The van der Waals surface area contributed by atoms with Crippen LogP contribution >= 0.6 is 11.6 Å². The van der Waals surface area contributed by atoms with Crippen molar-refractivity contribution >= 4 is 11.6 Å². The van der Waals surface area contributed by atoms with Crippen LogP contribution in [0.2, 0.25) is 0 Å². The first kappa shape index (κ1) is 12.8. The molecular formula is C14H15ClN2O. The number of nitrogens with one attached hydrogen (secondary N) is 1. The quantitative estimate of drug-likeness (QED) is 0.863. The zero-order chi connectivity index (χ0) is 13.1. The van der Waals surface area contributed by atoms with Gasteiger partial charge in [0.25, 0.3) is 5.56 Å². The molecule has 1 heterocycles. The molecule has 2 aromatic rings. The molecule has 0 fully saturated rings. The van der Waals surface area contributed by atoms with E-state index in [4.69, 9.17) is 11.6 Å². The van der Waals surface area contributed by atoms with Gasteiger partial charge >= 0.3 is 0 Å². The van der Waals surface area contributed by atoms with Crippen molar-refractivity contribution in [2.75, 3.05) is 0 Å². The molecule has 0 radical (unpaired) electrons. The topological polar surface area (TPSA) is 45.8 Å². The predicted molar refractivity (Wildman–Crippen MR) is 73.9 cm³/mol. The highest BCUT2D eigenvalue weighted by molar-refractivity contribution is 6.16. The lowest BCUT2D eigenvalue weighted by Gasteiger charge is -2.07. The fraction of sp³-hybridized carbons (Fsp3) is 0.286. The molecule has 0 aliphatic rings. The Kier molecular flexibility index (Phi) is 3.82. The van der Waals surface area contributed by atoms with Crippen LogP contribution in [0.5, 0.6) is 0 Å². The van der Waals surface area contributed by atoms with Crippen molar-refractivity contribution in [1.29, 1.82) is 0 Å². The Bertz CT molecular complexity index is 587. The van der Waals surface area contributed by atoms with Crippen LogP contribution < -0.4 is 5.56 Å². The van der Waals surface area contributed by atoms with Gasteiger partial charge in [-0.05, 0) is 11.5 Å². The van der Waals surface area contributed by atoms with E-state index in [1.807, 2.05) is 24.3 Å². The Hall–Kier alpha value is -1.61. The molecule has 0 unspecified atom stereocenters. The van der Waals surface area contributed by atoms with Gasteiger partial charge in [0, 0.05) is 11.6 Å². The van der Waals surface area contributed by atoms with Gasteiger partial charge in [-0.15, -0.1) is 11.6 Å². The van der Waals surface area contributed by atoms with Crippen molar-refractivity contribution in [2.45, 2.75) is 25.6 Å². The Morgan fingerprint density at radius 3 is 2.50 bits per heavy atom. The van der Waals surface area contributed by atoms with Gasteiger partial charge in [0.2, 0.25) is 0 Å². The zero-order valence-corrected chi connectivity index (χ0v) is 11.2. The zero-order valence-electron chi connectivity index (χ0n) is 10.4. The minimum absolute atomic E-state index is 0.177. The number of rotatable bonds is 3. The molecule has 0 saturated heterocycles. The molecule has 1 N–H and O–H groups in total. The molecule has 0 aliphatic carbocycles. The van der Waals surface area contributed by atoms with Gasteiger partial charge in [-0.25, -0.2) is 4.98 Å². The molecule has 4 heteroatoms. The van der Waals surface area contributed by atoms with Gasteiger partial charge in [-0.1, -0.05) is 38.1 Å². The molecule has 1 aromatic carbocycles. The second-order valence-corrected chi connectivity index (χ2v) is 4.76. The maximum absolute atomic E-state index is 11.5. The van der Waals surface area contributed by atoms with E-state index in [-0.39, 0.29) is 11.4 Å². The molecule has 1 aromatic heterocycles. The van der Waals surface area contributed by atoms with Crippen LogP contribution in [0.4, 0.5) is 0 Å². The number of alkyl halides is 1. The van der Waals surface area contributed by atoms with Crippen LogP contribution in [0.3, 0.4) is 0 Å². The van der Waals surface area contributed by atoms with E-state index in [1.54, 1.807) is 0 Å². The van der Waals surface area contributed by atoms with E-state index >= 15 is 0 Å². The van der Waals surface area contributed by atoms with Crippen molar-refractivity contribution in [1.82, 2.24) is 9.97 Å². The monoisotopic (exact) mass is 262 g/mol. The van der Waals surface area contributed by atoms with Crippen LogP contribution in [0.15, 0.2) is 35.1 Å². The third-order valence-electron chi connectivity index (χ3n) is 2.78. The normalized spacial score (nSPS) is 10.9. The molecular weight excluding hydrogens is 248 g/mol. The smallest absolute Gasteiger partial charge is 0.251 e. The first-order chi connectivity index (χ1) is 8.60. The second-order valence-electron chi connectivity index (χ2n) is 4.50. The molecule has 3 nitrogen and oxygen atoms in total. The molecule has 18 heavy (non-hydrogen) atoms. The van der Waals surface area contributed by atoms with Crippen LogP contribution in [0, 0.1) is 0 Å². The lowest BCUT2D eigenvalue weighted by Crippen LogP contribution is -2.09. The second kappa shape index (κ2) is 5.36.